The Hall–Kier alpha value is -2.85. The molecule has 0 radical (unpaired) electrons. The van der Waals surface area contributed by atoms with Crippen LogP contribution in [0.1, 0.15) is 33.6 Å². The Labute approximate surface area is 143 Å². The summed E-state index contributed by atoms with van der Waals surface area (Å²) in [6.45, 7) is 3.09. The van der Waals surface area contributed by atoms with Gasteiger partial charge in [0.25, 0.3) is 0 Å². The molecule has 4 N–H and O–H groups in total. The summed E-state index contributed by atoms with van der Waals surface area (Å²) in [6.07, 6.45) is -1.81. The van der Waals surface area contributed by atoms with Crippen LogP contribution in [0.15, 0.2) is 0 Å². The van der Waals surface area contributed by atoms with E-state index >= 15 is 0 Å². The summed E-state index contributed by atoms with van der Waals surface area (Å²) in [5.41, 5.74) is -0.845. The molecule has 0 aromatic carbocycles. The summed E-state index contributed by atoms with van der Waals surface area (Å²) in [5.74, 6) is -5.09. The maximum absolute atomic E-state index is 11.9. The minimum Gasteiger partial charge on any atom is -0.480 e. The van der Waals surface area contributed by atoms with Crippen LogP contribution in [0.4, 0.5) is 4.79 Å². The van der Waals surface area contributed by atoms with Gasteiger partial charge < -0.3 is 30.3 Å². The van der Waals surface area contributed by atoms with Gasteiger partial charge in [-0.2, -0.15) is 0 Å². The van der Waals surface area contributed by atoms with Crippen molar-refractivity contribution in [1.29, 1.82) is 0 Å². The topological polar surface area (TPSA) is 171 Å². The highest BCUT2D eigenvalue weighted by Gasteiger charge is 2.26. The Bertz CT molecular complexity index is 523. The van der Waals surface area contributed by atoms with E-state index in [0.29, 0.717) is 4.90 Å². The van der Waals surface area contributed by atoms with Crippen LogP contribution < -0.4 is 5.32 Å². The number of carbonyl (C=O) groups is 5. The number of nitrogens with zero attached hydrogens (tertiary/aromatic N) is 1. The smallest absolute Gasteiger partial charge is 0.408 e. The summed E-state index contributed by atoms with van der Waals surface area (Å²) in [5, 5.41) is 28.5. The fourth-order valence-corrected chi connectivity index (χ4v) is 1.69. The molecule has 0 spiro atoms. The average Bonchev–Trinajstić information content (AvgIpc) is 2.38. The first-order valence-electron chi connectivity index (χ1n) is 7.25. The molecule has 0 aliphatic carbocycles. The minimum absolute atomic E-state index is 0.358. The first-order valence-corrected chi connectivity index (χ1v) is 7.25. The van der Waals surface area contributed by atoms with Gasteiger partial charge in [0.1, 0.15) is 24.7 Å². The molecule has 0 bridgehead atoms. The average molecular weight is 362 g/mol. The Morgan fingerprint density at radius 2 is 1.48 bits per heavy atom. The predicted octanol–water partition coefficient (Wildman–Crippen LogP) is -0.258. The Morgan fingerprint density at radius 1 is 1.00 bits per heavy atom. The molecule has 0 aromatic rings. The molecule has 2 amide bonds. The molecular formula is C14H22N2O9. The zero-order valence-corrected chi connectivity index (χ0v) is 14.1. The maximum Gasteiger partial charge on any atom is 0.408 e. The number of hydrogen-bond acceptors (Lipinski definition) is 6. The van der Waals surface area contributed by atoms with Gasteiger partial charge in [-0.1, -0.05) is 0 Å². The maximum atomic E-state index is 11.9. The number of carboxylic acids is 3. The molecule has 11 nitrogen and oxygen atoms in total. The summed E-state index contributed by atoms with van der Waals surface area (Å²) < 4.78 is 4.91. The van der Waals surface area contributed by atoms with Crippen molar-refractivity contribution in [3.8, 4) is 0 Å². The predicted molar refractivity (Wildman–Crippen MR) is 81.9 cm³/mol. The number of aliphatic carboxylic acids is 3. The highest BCUT2D eigenvalue weighted by atomic mass is 16.6. The molecule has 0 fully saturated rings. The molecular weight excluding hydrogens is 340 g/mol. The molecule has 0 aliphatic heterocycles. The van der Waals surface area contributed by atoms with E-state index < -0.39 is 61.1 Å². The van der Waals surface area contributed by atoms with Crippen molar-refractivity contribution in [3.05, 3.63) is 0 Å². The number of amides is 2. The lowest BCUT2D eigenvalue weighted by molar-refractivity contribution is -0.150. The van der Waals surface area contributed by atoms with Crippen LogP contribution in [0.25, 0.3) is 0 Å². The van der Waals surface area contributed by atoms with Crippen molar-refractivity contribution >= 4 is 29.9 Å². The van der Waals surface area contributed by atoms with Gasteiger partial charge in [-0.15, -0.1) is 0 Å². The van der Waals surface area contributed by atoms with E-state index in [1.807, 2.05) is 0 Å². The molecule has 1 atom stereocenters. The normalized spacial score (nSPS) is 12.0. The van der Waals surface area contributed by atoms with Gasteiger partial charge in [-0.25, -0.2) is 9.59 Å². The molecule has 0 heterocycles. The molecule has 11 heteroatoms. The fourth-order valence-electron chi connectivity index (χ4n) is 1.69. The van der Waals surface area contributed by atoms with Gasteiger partial charge in [0.2, 0.25) is 5.91 Å². The Morgan fingerprint density at radius 3 is 1.84 bits per heavy atom. The van der Waals surface area contributed by atoms with E-state index in [2.05, 4.69) is 5.32 Å². The number of ether oxygens (including phenoxy) is 1. The lowest BCUT2D eigenvalue weighted by atomic mass is 10.1. The molecule has 0 saturated carbocycles. The third-order valence-electron chi connectivity index (χ3n) is 2.64. The van der Waals surface area contributed by atoms with Crippen molar-refractivity contribution in [2.45, 2.75) is 45.3 Å². The minimum atomic E-state index is -1.45. The first kappa shape index (κ1) is 22.1. The zero-order chi connectivity index (χ0) is 19.8. The molecule has 0 aliphatic rings. The van der Waals surface area contributed by atoms with Gasteiger partial charge in [-0.05, 0) is 27.2 Å². The highest BCUT2D eigenvalue weighted by molar-refractivity contribution is 5.86. The molecule has 142 valence electrons. The second-order valence-electron chi connectivity index (χ2n) is 6.11. The van der Waals surface area contributed by atoms with Crippen molar-refractivity contribution < 1.29 is 44.0 Å². The molecule has 1 unspecified atom stereocenters. The lowest BCUT2D eigenvalue weighted by Gasteiger charge is -2.23. The number of carboxylic acid groups (broad SMARTS) is 3. The summed E-state index contributed by atoms with van der Waals surface area (Å²) in [6, 6.07) is -1.45. The van der Waals surface area contributed by atoms with Gasteiger partial charge in [0.15, 0.2) is 0 Å². The number of nitrogens with one attached hydrogen (secondary N) is 1. The number of alkyl carbamates (subject to hydrolysis) is 1. The second-order valence-corrected chi connectivity index (χ2v) is 6.11. The largest absolute Gasteiger partial charge is 0.480 e. The van der Waals surface area contributed by atoms with Crippen molar-refractivity contribution in [3.63, 3.8) is 0 Å². The summed E-state index contributed by atoms with van der Waals surface area (Å²) >= 11 is 0. The zero-order valence-electron chi connectivity index (χ0n) is 14.1. The summed E-state index contributed by atoms with van der Waals surface area (Å²) in [4.78, 5) is 56.6. The van der Waals surface area contributed by atoms with E-state index in [-0.39, 0.29) is 6.42 Å². The van der Waals surface area contributed by atoms with E-state index in [0.717, 1.165) is 0 Å². The second kappa shape index (κ2) is 9.45. The van der Waals surface area contributed by atoms with Crippen LogP contribution in [-0.2, 0) is 23.9 Å². The fraction of sp³-hybridized carbons (Fsp3) is 0.643. The lowest BCUT2D eigenvalue weighted by Crippen LogP contribution is -2.45. The SMILES string of the molecule is CC(C)(C)OC(=O)NC(CCC(=O)N(CC(=O)O)CC(=O)O)C(=O)O. The van der Waals surface area contributed by atoms with Crippen molar-refractivity contribution in [1.82, 2.24) is 10.2 Å². The van der Waals surface area contributed by atoms with Crippen LogP contribution in [0.3, 0.4) is 0 Å². The van der Waals surface area contributed by atoms with Crippen LogP contribution in [-0.4, -0.2) is 74.9 Å². The van der Waals surface area contributed by atoms with E-state index in [1.54, 1.807) is 20.8 Å². The van der Waals surface area contributed by atoms with Gasteiger partial charge in [0, 0.05) is 6.42 Å². The van der Waals surface area contributed by atoms with Crippen LogP contribution in [0.5, 0.6) is 0 Å². The van der Waals surface area contributed by atoms with Crippen LogP contribution in [0, 0.1) is 0 Å². The van der Waals surface area contributed by atoms with Crippen LogP contribution >= 0.6 is 0 Å². The van der Waals surface area contributed by atoms with Crippen molar-refractivity contribution in [2.24, 2.45) is 0 Å². The Balaban J connectivity index is 4.79. The van der Waals surface area contributed by atoms with Crippen molar-refractivity contribution in [2.75, 3.05) is 13.1 Å². The van der Waals surface area contributed by atoms with E-state index in [9.17, 15) is 24.0 Å². The van der Waals surface area contributed by atoms with E-state index in [1.165, 1.54) is 0 Å². The molecule has 0 saturated heterocycles. The first-order chi connectivity index (χ1) is 11.3. The Kier molecular flexibility index (Phi) is 8.37. The third kappa shape index (κ3) is 10.5. The van der Waals surface area contributed by atoms with Gasteiger partial charge in [-0.3, -0.25) is 14.4 Å². The molecule has 0 aromatic heterocycles. The number of carbonyl (C=O) groups excluding carboxylic acids is 2. The van der Waals surface area contributed by atoms with E-state index in [4.69, 9.17) is 20.1 Å². The summed E-state index contributed by atoms with van der Waals surface area (Å²) in [7, 11) is 0. The van der Waals surface area contributed by atoms with Crippen LogP contribution in [0.2, 0.25) is 0 Å². The number of rotatable bonds is 9. The quantitative estimate of drug-likeness (QED) is 0.431. The van der Waals surface area contributed by atoms with Gasteiger partial charge >= 0.3 is 24.0 Å². The number of hydrogen-bond donors (Lipinski definition) is 4. The highest BCUT2D eigenvalue weighted by Crippen LogP contribution is 2.08. The molecule has 0 rings (SSSR count). The third-order valence-corrected chi connectivity index (χ3v) is 2.64. The monoisotopic (exact) mass is 362 g/mol. The molecule has 25 heavy (non-hydrogen) atoms. The standard InChI is InChI=1S/C14H22N2O9/c1-14(2,3)25-13(24)15-8(12(22)23)4-5-9(17)16(6-10(18)19)7-11(20)21/h8H,4-7H2,1-3H3,(H,15,24)(H,18,19)(H,20,21)(H,22,23). The van der Waals surface area contributed by atoms with Gasteiger partial charge in [0.05, 0.1) is 0 Å².